The standard InChI is InChI=1S/C10H12N2O2/c1-7(2)11-12-9-6-4-3-5-8(9)10(13)14/h3-7H,1-2H3,(H,13,14). The lowest BCUT2D eigenvalue weighted by molar-refractivity contribution is 0.0697. The maximum Gasteiger partial charge on any atom is 0.337 e. The van der Waals surface area contributed by atoms with Gasteiger partial charge in [-0.05, 0) is 26.0 Å². The van der Waals surface area contributed by atoms with Crippen molar-refractivity contribution in [1.29, 1.82) is 0 Å². The van der Waals surface area contributed by atoms with E-state index in [2.05, 4.69) is 10.2 Å². The quantitative estimate of drug-likeness (QED) is 0.748. The van der Waals surface area contributed by atoms with Gasteiger partial charge in [0, 0.05) is 0 Å². The molecule has 1 rings (SSSR count). The number of nitrogens with zero attached hydrogens (tertiary/aromatic N) is 2. The summed E-state index contributed by atoms with van der Waals surface area (Å²) in [7, 11) is 0. The van der Waals surface area contributed by atoms with Crippen LogP contribution in [0.3, 0.4) is 0 Å². The van der Waals surface area contributed by atoms with Gasteiger partial charge in [0.2, 0.25) is 0 Å². The summed E-state index contributed by atoms with van der Waals surface area (Å²) in [5.41, 5.74) is 0.575. The zero-order valence-electron chi connectivity index (χ0n) is 8.14. The summed E-state index contributed by atoms with van der Waals surface area (Å²) < 4.78 is 0. The van der Waals surface area contributed by atoms with Crippen LogP contribution in [-0.2, 0) is 0 Å². The number of rotatable bonds is 3. The summed E-state index contributed by atoms with van der Waals surface area (Å²) in [4.78, 5) is 10.8. The monoisotopic (exact) mass is 192 g/mol. The van der Waals surface area contributed by atoms with E-state index in [1.807, 2.05) is 13.8 Å². The third-order valence-electron chi connectivity index (χ3n) is 1.53. The van der Waals surface area contributed by atoms with Crippen LogP contribution in [0.4, 0.5) is 5.69 Å². The van der Waals surface area contributed by atoms with E-state index < -0.39 is 5.97 Å². The van der Waals surface area contributed by atoms with Crippen molar-refractivity contribution in [2.75, 3.05) is 0 Å². The maximum absolute atomic E-state index is 10.8. The summed E-state index contributed by atoms with van der Waals surface area (Å²) in [6.45, 7) is 3.76. The van der Waals surface area contributed by atoms with E-state index in [1.54, 1.807) is 18.2 Å². The first-order chi connectivity index (χ1) is 6.61. The normalized spacial score (nSPS) is 11.1. The number of carbonyl (C=O) groups is 1. The minimum absolute atomic E-state index is 0.0665. The molecule has 74 valence electrons. The molecule has 4 heteroatoms. The average molecular weight is 192 g/mol. The Labute approximate surface area is 82.3 Å². The molecule has 0 atom stereocenters. The molecule has 0 aliphatic carbocycles. The summed E-state index contributed by atoms with van der Waals surface area (Å²) >= 11 is 0. The molecule has 0 radical (unpaired) electrons. The zero-order chi connectivity index (χ0) is 10.6. The SMILES string of the molecule is CC(C)N=Nc1ccccc1C(=O)O. The fourth-order valence-corrected chi connectivity index (χ4v) is 0.919. The van der Waals surface area contributed by atoms with Gasteiger partial charge >= 0.3 is 5.97 Å². The van der Waals surface area contributed by atoms with Gasteiger partial charge in [-0.3, -0.25) is 0 Å². The molecular formula is C10H12N2O2. The fraction of sp³-hybridized carbons (Fsp3) is 0.300. The van der Waals surface area contributed by atoms with E-state index in [4.69, 9.17) is 5.11 Å². The minimum atomic E-state index is -0.983. The second kappa shape index (κ2) is 4.50. The number of carboxylic acids is 1. The van der Waals surface area contributed by atoms with Crippen LogP contribution < -0.4 is 0 Å². The Bertz CT molecular complexity index is 359. The molecular weight excluding hydrogens is 180 g/mol. The van der Waals surface area contributed by atoms with Crippen LogP contribution in [0.5, 0.6) is 0 Å². The molecule has 1 aromatic rings. The molecule has 0 spiro atoms. The van der Waals surface area contributed by atoms with E-state index in [1.165, 1.54) is 6.07 Å². The molecule has 0 aromatic heterocycles. The Morgan fingerprint density at radius 1 is 1.36 bits per heavy atom. The van der Waals surface area contributed by atoms with Gasteiger partial charge in [0.15, 0.2) is 0 Å². The summed E-state index contributed by atoms with van der Waals surface area (Å²) in [5, 5.41) is 16.6. The molecule has 0 saturated carbocycles. The van der Waals surface area contributed by atoms with Gasteiger partial charge in [0.05, 0.1) is 17.3 Å². The predicted molar refractivity (Wildman–Crippen MR) is 53.1 cm³/mol. The highest BCUT2D eigenvalue weighted by molar-refractivity contribution is 5.93. The van der Waals surface area contributed by atoms with Crippen LogP contribution in [0, 0.1) is 0 Å². The molecule has 0 amide bonds. The Morgan fingerprint density at radius 3 is 2.57 bits per heavy atom. The Hall–Kier alpha value is -1.71. The number of hydrogen-bond donors (Lipinski definition) is 1. The molecule has 0 heterocycles. The van der Waals surface area contributed by atoms with Crippen LogP contribution in [0.15, 0.2) is 34.5 Å². The first-order valence-corrected chi connectivity index (χ1v) is 4.34. The first-order valence-electron chi connectivity index (χ1n) is 4.34. The Kier molecular flexibility index (Phi) is 3.34. The highest BCUT2D eigenvalue weighted by Crippen LogP contribution is 2.19. The van der Waals surface area contributed by atoms with Crippen LogP contribution in [0.25, 0.3) is 0 Å². The van der Waals surface area contributed by atoms with Gasteiger partial charge < -0.3 is 5.11 Å². The molecule has 1 aromatic carbocycles. The lowest BCUT2D eigenvalue weighted by atomic mass is 10.2. The van der Waals surface area contributed by atoms with Crippen molar-refractivity contribution in [2.45, 2.75) is 19.9 Å². The maximum atomic E-state index is 10.8. The van der Waals surface area contributed by atoms with E-state index in [-0.39, 0.29) is 11.6 Å². The molecule has 0 saturated heterocycles. The van der Waals surface area contributed by atoms with Crippen LogP contribution >= 0.6 is 0 Å². The Balaban J connectivity index is 3.02. The van der Waals surface area contributed by atoms with Crippen molar-refractivity contribution in [3.63, 3.8) is 0 Å². The van der Waals surface area contributed by atoms with Gasteiger partial charge in [-0.25, -0.2) is 4.79 Å². The van der Waals surface area contributed by atoms with Crippen molar-refractivity contribution < 1.29 is 9.90 Å². The zero-order valence-corrected chi connectivity index (χ0v) is 8.14. The van der Waals surface area contributed by atoms with E-state index >= 15 is 0 Å². The number of aromatic carboxylic acids is 1. The third-order valence-corrected chi connectivity index (χ3v) is 1.53. The number of benzene rings is 1. The summed E-state index contributed by atoms with van der Waals surface area (Å²) in [5.74, 6) is -0.983. The number of azo groups is 1. The molecule has 0 bridgehead atoms. The third kappa shape index (κ3) is 2.65. The van der Waals surface area contributed by atoms with Crippen molar-refractivity contribution in [1.82, 2.24) is 0 Å². The molecule has 14 heavy (non-hydrogen) atoms. The molecule has 1 N–H and O–H groups in total. The lowest BCUT2D eigenvalue weighted by Crippen LogP contribution is -1.96. The van der Waals surface area contributed by atoms with Gasteiger partial charge in [-0.15, -0.1) is 0 Å². The highest BCUT2D eigenvalue weighted by atomic mass is 16.4. The topological polar surface area (TPSA) is 62.0 Å². The van der Waals surface area contributed by atoms with Crippen LogP contribution in [0.1, 0.15) is 24.2 Å². The number of hydrogen-bond acceptors (Lipinski definition) is 3. The van der Waals surface area contributed by atoms with E-state index in [0.29, 0.717) is 5.69 Å². The minimum Gasteiger partial charge on any atom is -0.478 e. The smallest absolute Gasteiger partial charge is 0.337 e. The van der Waals surface area contributed by atoms with Crippen LogP contribution in [-0.4, -0.2) is 17.1 Å². The fourth-order valence-electron chi connectivity index (χ4n) is 0.919. The predicted octanol–water partition coefficient (Wildman–Crippen LogP) is 2.88. The molecule has 0 aliphatic rings. The highest BCUT2D eigenvalue weighted by Gasteiger charge is 2.07. The van der Waals surface area contributed by atoms with Crippen molar-refractivity contribution in [2.24, 2.45) is 10.2 Å². The lowest BCUT2D eigenvalue weighted by Gasteiger charge is -1.99. The average Bonchev–Trinajstić information content (AvgIpc) is 2.15. The Morgan fingerprint density at radius 2 is 2.00 bits per heavy atom. The van der Waals surface area contributed by atoms with Crippen molar-refractivity contribution in [3.05, 3.63) is 29.8 Å². The molecule has 0 fully saturated rings. The van der Waals surface area contributed by atoms with E-state index in [0.717, 1.165) is 0 Å². The molecule has 0 unspecified atom stereocenters. The number of carboxylic acid groups (broad SMARTS) is 1. The van der Waals surface area contributed by atoms with Crippen molar-refractivity contribution in [3.8, 4) is 0 Å². The van der Waals surface area contributed by atoms with Gasteiger partial charge in [-0.2, -0.15) is 10.2 Å². The summed E-state index contributed by atoms with van der Waals surface area (Å²) in [6.07, 6.45) is 0. The second-order valence-electron chi connectivity index (χ2n) is 3.13. The second-order valence-corrected chi connectivity index (χ2v) is 3.13. The van der Waals surface area contributed by atoms with Gasteiger partial charge in [-0.1, -0.05) is 12.1 Å². The van der Waals surface area contributed by atoms with Crippen molar-refractivity contribution >= 4 is 11.7 Å². The van der Waals surface area contributed by atoms with Gasteiger partial charge in [0.25, 0.3) is 0 Å². The molecule has 0 aliphatic heterocycles. The molecule has 4 nitrogen and oxygen atoms in total. The largest absolute Gasteiger partial charge is 0.478 e. The summed E-state index contributed by atoms with van der Waals surface area (Å²) in [6, 6.07) is 6.61. The first kappa shape index (κ1) is 10.4. The van der Waals surface area contributed by atoms with Crippen LogP contribution in [0.2, 0.25) is 0 Å². The van der Waals surface area contributed by atoms with E-state index in [9.17, 15) is 4.79 Å². The van der Waals surface area contributed by atoms with Gasteiger partial charge in [0.1, 0.15) is 0 Å².